The maximum Gasteiger partial charge on any atom is 0.408 e. The molecule has 0 saturated carbocycles. The van der Waals surface area contributed by atoms with Gasteiger partial charge in [-0.15, -0.1) is 0 Å². The molecule has 2 atom stereocenters. The maximum absolute atomic E-state index is 11.4. The first-order valence-electron chi connectivity index (χ1n) is 4.94. The van der Waals surface area contributed by atoms with Crippen LogP contribution in [-0.2, 0) is 9.53 Å². The number of carboxylic acid groups (broad SMARTS) is 1. The van der Waals surface area contributed by atoms with E-state index in [-0.39, 0.29) is 0 Å². The van der Waals surface area contributed by atoms with Gasteiger partial charge in [-0.05, 0) is 26.3 Å². The smallest absolute Gasteiger partial charge is 0.408 e. The summed E-state index contributed by atoms with van der Waals surface area (Å²) >= 11 is 0. The normalized spacial score (nSPS) is 14.1. The van der Waals surface area contributed by atoms with Crippen LogP contribution < -0.4 is 5.32 Å². The second-order valence-electron chi connectivity index (χ2n) is 4.41. The van der Waals surface area contributed by atoms with E-state index in [1.54, 1.807) is 20.8 Å². The highest BCUT2D eigenvalue weighted by Crippen LogP contribution is 2.08. The van der Waals surface area contributed by atoms with E-state index in [1.165, 1.54) is 6.92 Å². The van der Waals surface area contributed by atoms with Gasteiger partial charge >= 0.3 is 12.1 Å². The number of azide groups is 1. The monoisotopic (exact) mass is 244 g/mol. The molecule has 1 unspecified atom stereocenters. The van der Waals surface area contributed by atoms with Gasteiger partial charge in [0.25, 0.3) is 0 Å². The third kappa shape index (κ3) is 6.26. The Morgan fingerprint density at radius 2 is 2.00 bits per heavy atom. The van der Waals surface area contributed by atoms with E-state index in [1.807, 2.05) is 0 Å². The Kier molecular flexibility index (Phi) is 5.27. The number of carboxylic acids is 1. The van der Waals surface area contributed by atoms with Crippen molar-refractivity contribution in [3.05, 3.63) is 10.4 Å². The van der Waals surface area contributed by atoms with E-state index in [0.717, 1.165) is 0 Å². The van der Waals surface area contributed by atoms with Crippen molar-refractivity contribution in [3.8, 4) is 0 Å². The van der Waals surface area contributed by atoms with Gasteiger partial charge in [-0.2, -0.15) is 0 Å². The van der Waals surface area contributed by atoms with E-state index in [9.17, 15) is 9.59 Å². The van der Waals surface area contributed by atoms with Crippen molar-refractivity contribution >= 4 is 12.1 Å². The second kappa shape index (κ2) is 5.95. The Labute approximate surface area is 98.6 Å². The number of hydrogen-bond donors (Lipinski definition) is 2. The largest absolute Gasteiger partial charge is 0.480 e. The van der Waals surface area contributed by atoms with Gasteiger partial charge in [-0.1, -0.05) is 12.0 Å². The number of alkyl carbamates (subject to hydrolysis) is 1. The minimum atomic E-state index is -1.32. The third-order valence-electron chi connectivity index (χ3n) is 1.65. The molecule has 2 N–H and O–H groups in total. The molecular formula is C9H16N4O4. The lowest BCUT2D eigenvalue weighted by Crippen LogP contribution is -2.48. The molecule has 0 aliphatic heterocycles. The molecule has 0 aliphatic carbocycles. The summed E-state index contributed by atoms with van der Waals surface area (Å²) in [5.74, 6) is -1.30. The maximum atomic E-state index is 11.4. The van der Waals surface area contributed by atoms with Crippen LogP contribution in [-0.4, -0.2) is 34.9 Å². The van der Waals surface area contributed by atoms with Crippen LogP contribution in [0, 0.1) is 0 Å². The Morgan fingerprint density at radius 1 is 1.47 bits per heavy atom. The number of carbonyl (C=O) groups excluding carboxylic acids is 1. The van der Waals surface area contributed by atoms with E-state index in [0.29, 0.717) is 0 Å². The summed E-state index contributed by atoms with van der Waals surface area (Å²) in [7, 11) is 0. The van der Waals surface area contributed by atoms with Crippen molar-refractivity contribution in [1.82, 2.24) is 5.32 Å². The molecule has 0 rings (SSSR count). The van der Waals surface area contributed by atoms with Gasteiger partial charge in [-0.3, -0.25) is 0 Å². The fourth-order valence-corrected chi connectivity index (χ4v) is 0.971. The minimum Gasteiger partial charge on any atom is -0.480 e. The molecule has 0 aromatic heterocycles. The lowest BCUT2D eigenvalue weighted by atomic mass is 10.1. The van der Waals surface area contributed by atoms with Gasteiger partial charge in [0, 0.05) is 4.91 Å². The van der Waals surface area contributed by atoms with Crippen LogP contribution in [0.25, 0.3) is 10.4 Å². The predicted octanol–water partition coefficient (Wildman–Crippen LogP) is 1.66. The molecule has 17 heavy (non-hydrogen) atoms. The van der Waals surface area contributed by atoms with Gasteiger partial charge < -0.3 is 15.2 Å². The zero-order chi connectivity index (χ0) is 13.6. The highest BCUT2D eigenvalue weighted by atomic mass is 16.6. The first-order valence-corrected chi connectivity index (χ1v) is 4.94. The minimum absolute atomic E-state index is 0.727. The second-order valence-corrected chi connectivity index (χ2v) is 4.41. The van der Waals surface area contributed by atoms with Crippen molar-refractivity contribution in [2.75, 3.05) is 0 Å². The number of hydrogen-bond acceptors (Lipinski definition) is 4. The molecule has 8 nitrogen and oxygen atoms in total. The summed E-state index contributed by atoms with van der Waals surface area (Å²) in [6.45, 7) is 6.34. The highest BCUT2D eigenvalue weighted by Gasteiger charge is 2.28. The van der Waals surface area contributed by atoms with E-state index in [4.69, 9.17) is 15.4 Å². The highest BCUT2D eigenvalue weighted by molar-refractivity contribution is 5.80. The SMILES string of the molecule is CC(N=[N+]=[N-])[C@H](NC(=O)OC(C)(C)C)C(=O)O. The number of rotatable bonds is 4. The van der Waals surface area contributed by atoms with Gasteiger partial charge in [0.2, 0.25) is 0 Å². The number of amides is 1. The van der Waals surface area contributed by atoms with E-state index < -0.39 is 29.7 Å². The van der Waals surface area contributed by atoms with Crippen LogP contribution in [0.15, 0.2) is 5.11 Å². The molecule has 1 amide bonds. The van der Waals surface area contributed by atoms with Crippen molar-refractivity contribution in [2.45, 2.75) is 45.4 Å². The summed E-state index contributed by atoms with van der Waals surface area (Å²) in [6.07, 6.45) is -0.870. The van der Waals surface area contributed by atoms with Crippen molar-refractivity contribution < 1.29 is 19.4 Å². The summed E-state index contributed by atoms with van der Waals surface area (Å²) < 4.78 is 4.90. The molecular weight excluding hydrogens is 228 g/mol. The van der Waals surface area contributed by atoms with Crippen LogP contribution in [0.1, 0.15) is 27.7 Å². The van der Waals surface area contributed by atoms with Gasteiger partial charge in [0.1, 0.15) is 11.6 Å². The molecule has 0 spiro atoms. The van der Waals surface area contributed by atoms with Crippen LogP contribution >= 0.6 is 0 Å². The van der Waals surface area contributed by atoms with Gasteiger partial charge in [-0.25, -0.2) is 9.59 Å². The van der Waals surface area contributed by atoms with Crippen LogP contribution in [0.3, 0.4) is 0 Å². The predicted molar refractivity (Wildman–Crippen MR) is 59.4 cm³/mol. The number of aliphatic carboxylic acids is 1. The molecule has 0 aromatic rings. The van der Waals surface area contributed by atoms with Gasteiger partial charge in [0.15, 0.2) is 0 Å². The van der Waals surface area contributed by atoms with E-state index in [2.05, 4.69) is 15.3 Å². The average Bonchev–Trinajstić information content (AvgIpc) is 2.11. The number of nitrogens with zero attached hydrogens (tertiary/aromatic N) is 3. The number of carbonyl (C=O) groups is 2. The fraction of sp³-hybridized carbons (Fsp3) is 0.778. The molecule has 0 heterocycles. The lowest BCUT2D eigenvalue weighted by molar-refractivity contribution is -0.139. The molecule has 8 heteroatoms. The summed E-state index contributed by atoms with van der Waals surface area (Å²) in [5, 5.41) is 14.2. The van der Waals surface area contributed by atoms with Crippen LogP contribution in [0.4, 0.5) is 4.79 Å². The average molecular weight is 244 g/mol. The third-order valence-corrected chi connectivity index (χ3v) is 1.65. The van der Waals surface area contributed by atoms with Crippen molar-refractivity contribution in [2.24, 2.45) is 5.11 Å². The zero-order valence-corrected chi connectivity index (χ0v) is 10.2. The Morgan fingerprint density at radius 3 is 2.35 bits per heavy atom. The number of ether oxygens (including phenoxy) is 1. The molecule has 0 radical (unpaired) electrons. The van der Waals surface area contributed by atoms with Crippen LogP contribution in [0.5, 0.6) is 0 Å². The fourth-order valence-electron chi connectivity index (χ4n) is 0.971. The summed E-state index contributed by atoms with van der Waals surface area (Å²) in [5.41, 5.74) is 7.48. The summed E-state index contributed by atoms with van der Waals surface area (Å²) in [6, 6.07) is -2.23. The Hall–Kier alpha value is -1.95. The van der Waals surface area contributed by atoms with Crippen LogP contribution in [0.2, 0.25) is 0 Å². The molecule has 96 valence electrons. The van der Waals surface area contributed by atoms with Crippen molar-refractivity contribution in [1.29, 1.82) is 0 Å². The molecule has 0 fully saturated rings. The van der Waals surface area contributed by atoms with Gasteiger partial charge in [0.05, 0.1) is 6.04 Å². The Bertz CT molecular complexity index is 343. The zero-order valence-electron chi connectivity index (χ0n) is 10.2. The van der Waals surface area contributed by atoms with E-state index >= 15 is 0 Å². The lowest BCUT2D eigenvalue weighted by Gasteiger charge is -2.23. The molecule has 0 aliphatic rings. The molecule has 0 saturated heterocycles. The first-order chi connectivity index (χ1) is 7.67. The Balaban J connectivity index is 4.62. The molecule has 0 bridgehead atoms. The summed E-state index contributed by atoms with van der Waals surface area (Å²) in [4.78, 5) is 24.7. The quantitative estimate of drug-likeness (QED) is 0.443. The standard InChI is InChI=1S/C9H16N4O4/c1-5(12-13-10)6(7(14)15)11-8(16)17-9(2,3)4/h5-6H,1-4H3,(H,11,16)(H,14,15)/t5?,6-/m0/s1. The first kappa shape index (κ1) is 15.0. The number of nitrogens with one attached hydrogen (secondary N) is 1. The molecule has 0 aromatic carbocycles. The van der Waals surface area contributed by atoms with Crippen molar-refractivity contribution in [3.63, 3.8) is 0 Å². The topological polar surface area (TPSA) is 124 Å².